The van der Waals surface area contributed by atoms with Crippen molar-refractivity contribution >= 4 is 23.4 Å². The molecule has 0 spiro atoms. The molecule has 0 saturated carbocycles. The third kappa shape index (κ3) is 4.45. The molecule has 5 nitrogen and oxygen atoms in total. The van der Waals surface area contributed by atoms with Crippen LogP contribution < -0.4 is 16.4 Å². The first-order valence-electron chi connectivity index (χ1n) is 7.51. The predicted octanol–water partition coefficient (Wildman–Crippen LogP) is 1.95. The molecule has 2 amide bonds. The Balaban J connectivity index is 2.44. The molecule has 0 aliphatic heterocycles. The molecule has 0 unspecified atom stereocenters. The third-order valence-electron chi connectivity index (χ3n) is 4.04. The van der Waals surface area contributed by atoms with Gasteiger partial charge in [0.1, 0.15) is 0 Å². The van der Waals surface area contributed by atoms with Gasteiger partial charge in [-0.1, -0.05) is 37.6 Å². The summed E-state index contributed by atoms with van der Waals surface area (Å²) in [7, 11) is 0. The van der Waals surface area contributed by atoms with Gasteiger partial charge < -0.3 is 16.4 Å². The number of hydrogen-bond acceptors (Lipinski definition) is 3. The van der Waals surface area contributed by atoms with Crippen molar-refractivity contribution in [2.75, 3.05) is 19.6 Å². The number of carbonyl (C=O) groups excluding carboxylic acids is 2. The molecule has 122 valence electrons. The number of benzene rings is 1. The zero-order valence-electron chi connectivity index (χ0n) is 13.1. The molecular weight excluding hydrogens is 302 g/mol. The SMILES string of the molecule is CCC(CC)(CN)C(=O)NCCNC(=O)c1ccccc1Cl. The van der Waals surface area contributed by atoms with E-state index in [9.17, 15) is 9.59 Å². The van der Waals surface area contributed by atoms with Gasteiger partial charge in [0.05, 0.1) is 16.0 Å². The highest BCUT2D eigenvalue weighted by Gasteiger charge is 2.32. The van der Waals surface area contributed by atoms with Crippen LogP contribution in [0.15, 0.2) is 24.3 Å². The molecule has 22 heavy (non-hydrogen) atoms. The van der Waals surface area contributed by atoms with Crippen LogP contribution in [0.25, 0.3) is 0 Å². The van der Waals surface area contributed by atoms with Gasteiger partial charge >= 0.3 is 0 Å². The fraction of sp³-hybridized carbons (Fsp3) is 0.500. The number of rotatable bonds is 8. The maximum Gasteiger partial charge on any atom is 0.252 e. The minimum atomic E-state index is -0.521. The van der Waals surface area contributed by atoms with Crippen molar-refractivity contribution in [1.82, 2.24) is 10.6 Å². The number of nitrogens with one attached hydrogen (secondary N) is 2. The lowest BCUT2D eigenvalue weighted by molar-refractivity contribution is -0.130. The van der Waals surface area contributed by atoms with Crippen LogP contribution in [0.4, 0.5) is 0 Å². The van der Waals surface area contributed by atoms with E-state index >= 15 is 0 Å². The zero-order chi connectivity index (χ0) is 16.6. The molecule has 0 bridgehead atoms. The van der Waals surface area contributed by atoms with E-state index in [4.69, 9.17) is 17.3 Å². The quantitative estimate of drug-likeness (QED) is 0.639. The van der Waals surface area contributed by atoms with Gasteiger partial charge in [-0.2, -0.15) is 0 Å². The Hall–Kier alpha value is -1.59. The second kappa shape index (κ2) is 8.76. The molecule has 0 saturated heterocycles. The lowest BCUT2D eigenvalue weighted by atomic mass is 9.81. The van der Waals surface area contributed by atoms with E-state index in [1.54, 1.807) is 24.3 Å². The zero-order valence-corrected chi connectivity index (χ0v) is 13.9. The van der Waals surface area contributed by atoms with Gasteiger partial charge in [0.25, 0.3) is 5.91 Å². The summed E-state index contributed by atoms with van der Waals surface area (Å²) in [5.74, 6) is -0.317. The lowest BCUT2D eigenvalue weighted by Crippen LogP contribution is -2.47. The second-order valence-electron chi connectivity index (χ2n) is 5.18. The molecule has 0 atom stereocenters. The number of hydrogen-bond donors (Lipinski definition) is 3. The van der Waals surface area contributed by atoms with Crippen LogP contribution in [-0.2, 0) is 4.79 Å². The molecule has 0 fully saturated rings. The standard InChI is InChI=1S/C16H24ClN3O2/c1-3-16(4-2,11-18)15(22)20-10-9-19-14(21)12-7-5-6-8-13(12)17/h5-8H,3-4,9-11,18H2,1-2H3,(H,19,21)(H,20,22). The minimum Gasteiger partial charge on any atom is -0.354 e. The predicted molar refractivity (Wildman–Crippen MR) is 88.9 cm³/mol. The molecule has 6 heteroatoms. The number of amides is 2. The molecule has 1 aromatic carbocycles. The fourth-order valence-corrected chi connectivity index (χ4v) is 2.45. The van der Waals surface area contributed by atoms with E-state index in [0.29, 0.717) is 43.1 Å². The number of nitrogens with two attached hydrogens (primary N) is 1. The van der Waals surface area contributed by atoms with Crippen molar-refractivity contribution in [1.29, 1.82) is 0 Å². The highest BCUT2D eigenvalue weighted by atomic mass is 35.5. The molecule has 0 aliphatic carbocycles. The summed E-state index contributed by atoms with van der Waals surface area (Å²) in [6.45, 7) is 4.92. The highest BCUT2D eigenvalue weighted by molar-refractivity contribution is 6.33. The summed E-state index contributed by atoms with van der Waals surface area (Å²) in [4.78, 5) is 24.1. The fourth-order valence-electron chi connectivity index (χ4n) is 2.23. The average molecular weight is 326 g/mol. The van der Waals surface area contributed by atoms with Crippen molar-refractivity contribution in [3.63, 3.8) is 0 Å². The van der Waals surface area contributed by atoms with E-state index in [2.05, 4.69) is 10.6 Å². The first-order chi connectivity index (χ1) is 10.5. The van der Waals surface area contributed by atoms with Gasteiger partial charge in [0.2, 0.25) is 5.91 Å². The molecule has 0 heterocycles. The molecular formula is C16H24ClN3O2. The summed E-state index contributed by atoms with van der Waals surface area (Å²) in [5.41, 5.74) is 5.63. The van der Waals surface area contributed by atoms with Crippen molar-refractivity contribution in [2.24, 2.45) is 11.1 Å². The number of halogens is 1. The molecule has 4 N–H and O–H groups in total. The number of carbonyl (C=O) groups is 2. The van der Waals surface area contributed by atoms with Crippen LogP contribution in [-0.4, -0.2) is 31.4 Å². The van der Waals surface area contributed by atoms with Gasteiger partial charge in [0, 0.05) is 19.6 Å². The molecule has 0 radical (unpaired) electrons. The summed E-state index contributed by atoms with van der Waals surface area (Å²) >= 11 is 5.95. The first kappa shape index (κ1) is 18.5. The van der Waals surface area contributed by atoms with Crippen LogP contribution in [0.1, 0.15) is 37.0 Å². The Kier molecular flexibility index (Phi) is 7.35. The molecule has 1 aromatic rings. The Morgan fingerprint density at radius 2 is 1.73 bits per heavy atom. The van der Waals surface area contributed by atoms with Crippen molar-refractivity contribution in [3.05, 3.63) is 34.9 Å². The monoisotopic (exact) mass is 325 g/mol. The van der Waals surface area contributed by atoms with E-state index in [-0.39, 0.29) is 11.8 Å². The summed E-state index contributed by atoms with van der Waals surface area (Å²) in [6, 6.07) is 6.84. The Morgan fingerprint density at radius 1 is 1.14 bits per heavy atom. The molecule has 0 aliphatic rings. The van der Waals surface area contributed by atoms with Gasteiger partial charge in [-0.05, 0) is 25.0 Å². The largest absolute Gasteiger partial charge is 0.354 e. The van der Waals surface area contributed by atoms with E-state index in [0.717, 1.165) is 0 Å². The van der Waals surface area contributed by atoms with E-state index < -0.39 is 5.41 Å². The summed E-state index contributed by atoms with van der Waals surface area (Å²) in [5, 5.41) is 5.97. The Bertz CT molecular complexity index is 508. The minimum absolute atomic E-state index is 0.0630. The normalized spacial score (nSPS) is 11.1. The van der Waals surface area contributed by atoms with Crippen molar-refractivity contribution < 1.29 is 9.59 Å². The highest BCUT2D eigenvalue weighted by Crippen LogP contribution is 2.24. The second-order valence-corrected chi connectivity index (χ2v) is 5.59. The third-order valence-corrected chi connectivity index (χ3v) is 4.37. The lowest BCUT2D eigenvalue weighted by Gasteiger charge is -2.28. The van der Waals surface area contributed by atoms with Gasteiger partial charge in [0.15, 0.2) is 0 Å². The summed E-state index contributed by atoms with van der Waals surface area (Å²) in [6.07, 6.45) is 1.38. The van der Waals surface area contributed by atoms with Crippen LogP contribution in [0.3, 0.4) is 0 Å². The maximum atomic E-state index is 12.2. The van der Waals surface area contributed by atoms with Gasteiger partial charge in [-0.15, -0.1) is 0 Å². The first-order valence-corrected chi connectivity index (χ1v) is 7.89. The van der Waals surface area contributed by atoms with E-state index in [1.807, 2.05) is 13.8 Å². The Morgan fingerprint density at radius 3 is 2.27 bits per heavy atom. The van der Waals surface area contributed by atoms with Crippen LogP contribution in [0.5, 0.6) is 0 Å². The Labute approximate surface area is 136 Å². The molecule has 0 aromatic heterocycles. The van der Waals surface area contributed by atoms with Gasteiger partial charge in [-0.25, -0.2) is 0 Å². The van der Waals surface area contributed by atoms with Crippen LogP contribution >= 0.6 is 11.6 Å². The van der Waals surface area contributed by atoms with Crippen molar-refractivity contribution in [2.45, 2.75) is 26.7 Å². The topological polar surface area (TPSA) is 84.2 Å². The maximum absolute atomic E-state index is 12.2. The average Bonchev–Trinajstić information content (AvgIpc) is 2.54. The van der Waals surface area contributed by atoms with Crippen LogP contribution in [0.2, 0.25) is 5.02 Å². The summed E-state index contributed by atoms with van der Waals surface area (Å²) < 4.78 is 0. The molecule has 1 rings (SSSR count). The van der Waals surface area contributed by atoms with Crippen molar-refractivity contribution in [3.8, 4) is 0 Å². The van der Waals surface area contributed by atoms with Crippen LogP contribution in [0, 0.1) is 5.41 Å². The van der Waals surface area contributed by atoms with Gasteiger partial charge in [-0.3, -0.25) is 9.59 Å². The van der Waals surface area contributed by atoms with E-state index in [1.165, 1.54) is 0 Å². The smallest absolute Gasteiger partial charge is 0.252 e.